The third-order valence-electron chi connectivity index (χ3n) is 5.38. The van der Waals surface area contributed by atoms with Crippen LogP contribution < -0.4 is 5.32 Å². The fraction of sp³-hybridized carbons (Fsp3) is 0.250. The largest absolute Gasteiger partial charge is 0.459 e. The van der Waals surface area contributed by atoms with Crippen molar-refractivity contribution >= 4 is 17.5 Å². The minimum Gasteiger partial charge on any atom is -0.459 e. The summed E-state index contributed by atoms with van der Waals surface area (Å²) in [5.41, 5.74) is 2.86. The van der Waals surface area contributed by atoms with Crippen LogP contribution in [0.4, 0.5) is 5.69 Å². The van der Waals surface area contributed by atoms with Crippen molar-refractivity contribution in [3.8, 4) is 0 Å². The van der Waals surface area contributed by atoms with Gasteiger partial charge in [-0.3, -0.25) is 14.5 Å². The van der Waals surface area contributed by atoms with Crippen LogP contribution in [-0.2, 0) is 4.79 Å². The van der Waals surface area contributed by atoms with Gasteiger partial charge in [-0.15, -0.1) is 0 Å². The highest BCUT2D eigenvalue weighted by atomic mass is 16.3. The summed E-state index contributed by atoms with van der Waals surface area (Å²) in [6.07, 6.45) is 1.50. The number of carbonyl (C=O) groups is 2. The molecular weight excluding hydrogens is 378 g/mol. The molecule has 154 valence electrons. The third kappa shape index (κ3) is 4.44. The molecule has 1 fully saturated rings. The molecular formula is C24H25N3O3. The molecule has 6 heteroatoms. The van der Waals surface area contributed by atoms with Crippen LogP contribution in [-0.4, -0.2) is 47.8 Å². The maximum absolute atomic E-state index is 13.3. The molecule has 0 spiro atoms. The Hall–Kier alpha value is -3.38. The SMILES string of the molecule is Cc1ccc(NC(=O)[C@@H](c2ccccc2)N2CCN(C(=O)c3ccco3)CC2)cc1. The van der Waals surface area contributed by atoms with Crippen LogP contribution in [0.5, 0.6) is 0 Å². The lowest BCUT2D eigenvalue weighted by Crippen LogP contribution is -2.51. The lowest BCUT2D eigenvalue weighted by molar-refractivity contribution is -0.122. The van der Waals surface area contributed by atoms with Crippen molar-refractivity contribution in [1.29, 1.82) is 0 Å². The summed E-state index contributed by atoms with van der Waals surface area (Å²) in [6, 6.07) is 20.5. The molecule has 2 aromatic carbocycles. The van der Waals surface area contributed by atoms with Gasteiger partial charge in [0.1, 0.15) is 6.04 Å². The van der Waals surface area contributed by atoms with Crippen molar-refractivity contribution in [3.05, 3.63) is 89.9 Å². The highest BCUT2D eigenvalue weighted by Gasteiger charge is 2.32. The van der Waals surface area contributed by atoms with Gasteiger partial charge >= 0.3 is 0 Å². The molecule has 0 unspecified atom stereocenters. The molecule has 1 saturated heterocycles. The first-order valence-corrected chi connectivity index (χ1v) is 10.1. The lowest BCUT2D eigenvalue weighted by atomic mass is 10.0. The molecule has 0 aliphatic carbocycles. The molecule has 1 N–H and O–H groups in total. The number of amides is 2. The number of hydrogen-bond donors (Lipinski definition) is 1. The topological polar surface area (TPSA) is 65.8 Å². The van der Waals surface area contributed by atoms with Gasteiger partial charge in [0.05, 0.1) is 6.26 Å². The summed E-state index contributed by atoms with van der Waals surface area (Å²) in [6.45, 7) is 4.31. The van der Waals surface area contributed by atoms with E-state index in [1.165, 1.54) is 6.26 Å². The van der Waals surface area contributed by atoms with Crippen LogP contribution in [0.25, 0.3) is 0 Å². The normalized spacial score (nSPS) is 15.6. The van der Waals surface area contributed by atoms with E-state index in [9.17, 15) is 9.59 Å². The Morgan fingerprint density at radius 2 is 1.60 bits per heavy atom. The molecule has 2 amide bonds. The van der Waals surface area contributed by atoms with Crippen molar-refractivity contribution in [2.75, 3.05) is 31.5 Å². The smallest absolute Gasteiger partial charge is 0.289 e. The Bertz CT molecular complexity index is 976. The van der Waals surface area contributed by atoms with Crippen LogP contribution in [0, 0.1) is 6.92 Å². The Morgan fingerprint density at radius 3 is 2.23 bits per heavy atom. The second-order valence-electron chi connectivity index (χ2n) is 7.47. The number of hydrogen-bond acceptors (Lipinski definition) is 4. The predicted octanol–water partition coefficient (Wildman–Crippen LogP) is 3.73. The van der Waals surface area contributed by atoms with E-state index in [0.29, 0.717) is 31.9 Å². The molecule has 1 aliphatic heterocycles. The average Bonchev–Trinajstić information content (AvgIpc) is 3.31. The zero-order chi connectivity index (χ0) is 20.9. The molecule has 1 aliphatic rings. The molecule has 0 radical (unpaired) electrons. The fourth-order valence-electron chi connectivity index (χ4n) is 3.75. The van der Waals surface area contributed by atoms with E-state index >= 15 is 0 Å². The summed E-state index contributed by atoms with van der Waals surface area (Å²) >= 11 is 0. The van der Waals surface area contributed by atoms with Gasteiger partial charge in [0.25, 0.3) is 5.91 Å². The van der Waals surface area contributed by atoms with Gasteiger partial charge < -0.3 is 14.6 Å². The molecule has 0 bridgehead atoms. The minimum absolute atomic E-state index is 0.0733. The molecule has 1 aromatic heterocycles. The highest BCUT2D eigenvalue weighted by Crippen LogP contribution is 2.25. The van der Waals surface area contributed by atoms with E-state index in [1.807, 2.05) is 61.5 Å². The van der Waals surface area contributed by atoms with Crippen molar-refractivity contribution < 1.29 is 14.0 Å². The van der Waals surface area contributed by atoms with Crippen molar-refractivity contribution in [2.24, 2.45) is 0 Å². The van der Waals surface area contributed by atoms with E-state index in [-0.39, 0.29) is 11.8 Å². The van der Waals surface area contributed by atoms with Crippen LogP contribution in [0.1, 0.15) is 27.7 Å². The molecule has 30 heavy (non-hydrogen) atoms. The zero-order valence-electron chi connectivity index (χ0n) is 17.0. The Labute approximate surface area is 176 Å². The number of benzene rings is 2. The molecule has 0 saturated carbocycles. The molecule has 6 nitrogen and oxygen atoms in total. The number of nitrogens with one attached hydrogen (secondary N) is 1. The Kier molecular flexibility index (Phi) is 5.95. The number of piperazine rings is 1. The van der Waals surface area contributed by atoms with E-state index in [2.05, 4.69) is 10.2 Å². The summed E-state index contributed by atoms with van der Waals surface area (Å²) in [5, 5.41) is 3.05. The standard InChI is InChI=1S/C24H25N3O3/c1-18-9-11-20(12-10-18)25-23(28)22(19-6-3-2-4-7-19)26-13-15-27(16-14-26)24(29)21-8-5-17-30-21/h2-12,17,22H,13-16H2,1H3,(H,25,28)/t22-/m1/s1. The second kappa shape index (κ2) is 8.97. The summed E-state index contributed by atoms with van der Waals surface area (Å²) in [4.78, 5) is 29.7. The quantitative estimate of drug-likeness (QED) is 0.705. The first-order valence-electron chi connectivity index (χ1n) is 10.1. The molecule has 3 aromatic rings. The third-order valence-corrected chi connectivity index (χ3v) is 5.38. The predicted molar refractivity (Wildman–Crippen MR) is 115 cm³/mol. The number of rotatable bonds is 5. The van der Waals surface area contributed by atoms with Gasteiger partial charge in [-0.25, -0.2) is 0 Å². The van der Waals surface area contributed by atoms with Crippen molar-refractivity contribution in [2.45, 2.75) is 13.0 Å². The van der Waals surface area contributed by atoms with Gasteiger partial charge in [-0.05, 0) is 36.8 Å². The van der Waals surface area contributed by atoms with Crippen molar-refractivity contribution in [1.82, 2.24) is 9.80 Å². The van der Waals surface area contributed by atoms with Gasteiger partial charge in [-0.1, -0.05) is 48.0 Å². The first kappa shape index (κ1) is 19.9. The molecule has 1 atom stereocenters. The van der Waals surface area contributed by atoms with Crippen LogP contribution in [0.15, 0.2) is 77.4 Å². The molecule has 2 heterocycles. The summed E-state index contributed by atoms with van der Waals surface area (Å²) < 4.78 is 5.24. The maximum Gasteiger partial charge on any atom is 0.289 e. The van der Waals surface area contributed by atoms with Gasteiger partial charge in [-0.2, -0.15) is 0 Å². The lowest BCUT2D eigenvalue weighted by Gasteiger charge is -2.38. The second-order valence-corrected chi connectivity index (χ2v) is 7.47. The van der Waals surface area contributed by atoms with Gasteiger partial charge in [0.2, 0.25) is 5.91 Å². The van der Waals surface area contributed by atoms with Crippen molar-refractivity contribution in [3.63, 3.8) is 0 Å². The number of nitrogens with zero attached hydrogens (tertiary/aromatic N) is 2. The van der Waals surface area contributed by atoms with E-state index < -0.39 is 6.04 Å². The van der Waals surface area contributed by atoms with E-state index in [1.54, 1.807) is 17.0 Å². The van der Waals surface area contributed by atoms with Crippen LogP contribution >= 0.6 is 0 Å². The average molecular weight is 403 g/mol. The van der Waals surface area contributed by atoms with Crippen LogP contribution in [0.2, 0.25) is 0 Å². The van der Waals surface area contributed by atoms with Gasteiger partial charge in [0, 0.05) is 31.9 Å². The monoisotopic (exact) mass is 403 g/mol. The number of furan rings is 1. The Morgan fingerprint density at radius 1 is 0.900 bits per heavy atom. The number of carbonyl (C=O) groups excluding carboxylic acids is 2. The highest BCUT2D eigenvalue weighted by molar-refractivity contribution is 5.95. The minimum atomic E-state index is -0.423. The van der Waals surface area contributed by atoms with E-state index in [0.717, 1.165) is 16.8 Å². The first-order chi connectivity index (χ1) is 14.6. The molecule has 4 rings (SSSR count). The van der Waals surface area contributed by atoms with Gasteiger partial charge in [0.15, 0.2) is 5.76 Å². The van der Waals surface area contributed by atoms with Crippen LogP contribution in [0.3, 0.4) is 0 Å². The van der Waals surface area contributed by atoms with E-state index in [4.69, 9.17) is 4.42 Å². The number of aryl methyl sites for hydroxylation is 1. The maximum atomic E-state index is 13.3. The Balaban J connectivity index is 1.49. The summed E-state index contributed by atoms with van der Waals surface area (Å²) in [7, 11) is 0. The number of anilines is 1. The fourth-order valence-corrected chi connectivity index (χ4v) is 3.75. The summed E-state index contributed by atoms with van der Waals surface area (Å²) in [5.74, 6) is 0.163. The zero-order valence-corrected chi connectivity index (χ0v) is 17.0.